The summed E-state index contributed by atoms with van der Waals surface area (Å²) in [6.07, 6.45) is 0. The largest absolute Gasteiger partial charge is 0.480 e. The molecule has 0 saturated heterocycles. The Balaban J connectivity index is 2.54. The SMILES string of the molecule is CC(C)C(C(=O)O)n1nnnc1-c1ccccc1F. The molecule has 2 rings (SSSR count). The van der Waals surface area contributed by atoms with Crippen molar-refractivity contribution in [2.24, 2.45) is 5.92 Å². The van der Waals surface area contributed by atoms with Crippen molar-refractivity contribution in [3.05, 3.63) is 30.1 Å². The number of carboxylic acids is 1. The molecule has 0 amide bonds. The Morgan fingerprint density at radius 2 is 2.05 bits per heavy atom. The lowest BCUT2D eigenvalue weighted by molar-refractivity contribution is -0.142. The van der Waals surface area contributed by atoms with Crippen molar-refractivity contribution in [1.82, 2.24) is 20.2 Å². The van der Waals surface area contributed by atoms with Gasteiger partial charge in [-0.25, -0.2) is 13.9 Å². The molecule has 0 aliphatic rings. The number of hydrogen-bond donors (Lipinski definition) is 1. The highest BCUT2D eigenvalue weighted by molar-refractivity contribution is 5.73. The monoisotopic (exact) mass is 264 g/mol. The van der Waals surface area contributed by atoms with Gasteiger partial charge in [-0.3, -0.25) is 0 Å². The molecule has 2 aromatic rings. The summed E-state index contributed by atoms with van der Waals surface area (Å²) in [6.45, 7) is 3.48. The highest BCUT2D eigenvalue weighted by Crippen LogP contribution is 2.25. The van der Waals surface area contributed by atoms with Crippen LogP contribution in [0.15, 0.2) is 24.3 Å². The van der Waals surface area contributed by atoms with E-state index >= 15 is 0 Å². The standard InChI is InChI=1S/C12H13FN4O2/c1-7(2)10(12(18)19)17-11(14-15-16-17)8-5-3-4-6-9(8)13/h3-7,10H,1-2H3,(H,18,19). The minimum absolute atomic E-state index is 0.110. The Bertz CT molecular complexity index is 597. The third-order valence-corrected chi connectivity index (χ3v) is 2.76. The van der Waals surface area contributed by atoms with Gasteiger partial charge < -0.3 is 5.11 Å². The summed E-state index contributed by atoms with van der Waals surface area (Å²) in [6, 6.07) is 5.03. The van der Waals surface area contributed by atoms with E-state index < -0.39 is 17.8 Å². The van der Waals surface area contributed by atoms with Crippen LogP contribution in [0, 0.1) is 11.7 Å². The first-order valence-electron chi connectivity index (χ1n) is 5.78. The molecule has 0 aliphatic carbocycles. The molecule has 1 heterocycles. The molecule has 0 bridgehead atoms. The molecule has 1 N–H and O–H groups in total. The molecule has 19 heavy (non-hydrogen) atoms. The van der Waals surface area contributed by atoms with E-state index in [1.165, 1.54) is 12.1 Å². The first kappa shape index (κ1) is 13.1. The second-order valence-electron chi connectivity index (χ2n) is 4.45. The third kappa shape index (κ3) is 2.44. The summed E-state index contributed by atoms with van der Waals surface area (Å²) < 4.78 is 14.9. The fourth-order valence-corrected chi connectivity index (χ4v) is 1.87. The van der Waals surface area contributed by atoms with E-state index in [-0.39, 0.29) is 17.3 Å². The summed E-state index contributed by atoms with van der Waals surface area (Å²) >= 11 is 0. The molecule has 0 saturated carbocycles. The van der Waals surface area contributed by atoms with Crippen molar-refractivity contribution in [3.8, 4) is 11.4 Å². The lowest BCUT2D eigenvalue weighted by Crippen LogP contribution is -2.26. The van der Waals surface area contributed by atoms with Crippen LogP contribution in [0.25, 0.3) is 11.4 Å². The fourth-order valence-electron chi connectivity index (χ4n) is 1.87. The topological polar surface area (TPSA) is 80.9 Å². The Kier molecular flexibility index (Phi) is 3.55. The molecule has 0 fully saturated rings. The maximum atomic E-state index is 13.7. The van der Waals surface area contributed by atoms with E-state index in [1.807, 2.05) is 0 Å². The van der Waals surface area contributed by atoms with Gasteiger partial charge in [-0.2, -0.15) is 0 Å². The Morgan fingerprint density at radius 1 is 1.37 bits per heavy atom. The van der Waals surface area contributed by atoms with Gasteiger partial charge in [-0.05, 0) is 28.5 Å². The van der Waals surface area contributed by atoms with Crippen LogP contribution in [0.5, 0.6) is 0 Å². The van der Waals surface area contributed by atoms with Gasteiger partial charge in [-0.1, -0.05) is 26.0 Å². The number of nitrogens with zero attached hydrogens (tertiary/aromatic N) is 4. The minimum atomic E-state index is -1.06. The van der Waals surface area contributed by atoms with Gasteiger partial charge in [0.05, 0.1) is 5.56 Å². The van der Waals surface area contributed by atoms with E-state index in [0.717, 1.165) is 4.68 Å². The average Bonchev–Trinajstić information content (AvgIpc) is 2.77. The fraction of sp³-hybridized carbons (Fsp3) is 0.333. The Hall–Kier alpha value is -2.31. The summed E-state index contributed by atoms with van der Waals surface area (Å²) in [7, 11) is 0. The number of rotatable bonds is 4. The van der Waals surface area contributed by atoms with Crippen LogP contribution in [-0.4, -0.2) is 31.3 Å². The number of aliphatic carboxylic acids is 1. The van der Waals surface area contributed by atoms with Crippen molar-refractivity contribution in [3.63, 3.8) is 0 Å². The number of tetrazole rings is 1. The molecule has 0 aliphatic heterocycles. The van der Waals surface area contributed by atoms with Gasteiger partial charge in [0.15, 0.2) is 11.9 Å². The van der Waals surface area contributed by atoms with E-state index in [4.69, 9.17) is 0 Å². The number of benzene rings is 1. The van der Waals surface area contributed by atoms with Gasteiger partial charge in [0.25, 0.3) is 0 Å². The number of aromatic nitrogens is 4. The predicted molar refractivity (Wildman–Crippen MR) is 64.7 cm³/mol. The lowest BCUT2D eigenvalue weighted by Gasteiger charge is -2.17. The summed E-state index contributed by atoms with van der Waals surface area (Å²) in [5.41, 5.74) is 0.180. The van der Waals surface area contributed by atoms with E-state index in [9.17, 15) is 14.3 Å². The maximum Gasteiger partial charge on any atom is 0.328 e. The van der Waals surface area contributed by atoms with Crippen molar-refractivity contribution in [2.45, 2.75) is 19.9 Å². The van der Waals surface area contributed by atoms with E-state index in [2.05, 4.69) is 15.5 Å². The van der Waals surface area contributed by atoms with Gasteiger partial charge in [0.1, 0.15) is 5.82 Å². The molecule has 1 aromatic heterocycles. The number of hydrogen-bond acceptors (Lipinski definition) is 4. The maximum absolute atomic E-state index is 13.7. The van der Waals surface area contributed by atoms with Crippen LogP contribution in [0.3, 0.4) is 0 Å². The molecular weight excluding hydrogens is 251 g/mol. The Labute approximate surface area is 108 Å². The molecule has 7 heteroatoms. The van der Waals surface area contributed by atoms with E-state index in [1.54, 1.807) is 26.0 Å². The molecule has 6 nitrogen and oxygen atoms in total. The normalized spacial score (nSPS) is 12.6. The van der Waals surface area contributed by atoms with Crippen molar-refractivity contribution in [2.75, 3.05) is 0 Å². The lowest BCUT2D eigenvalue weighted by atomic mass is 10.0. The molecule has 0 radical (unpaired) electrons. The molecule has 1 aromatic carbocycles. The van der Waals surface area contributed by atoms with Gasteiger partial charge in [0, 0.05) is 0 Å². The third-order valence-electron chi connectivity index (χ3n) is 2.76. The zero-order chi connectivity index (χ0) is 14.0. The number of carboxylic acid groups (broad SMARTS) is 1. The van der Waals surface area contributed by atoms with Crippen LogP contribution >= 0.6 is 0 Å². The number of carbonyl (C=O) groups is 1. The minimum Gasteiger partial charge on any atom is -0.480 e. The molecule has 1 atom stereocenters. The van der Waals surface area contributed by atoms with Gasteiger partial charge in [-0.15, -0.1) is 5.10 Å². The van der Waals surface area contributed by atoms with E-state index in [0.29, 0.717) is 0 Å². The first-order valence-corrected chi connectivity index (χ1v) is 5.78. The van der Waals surface area contributed by atoms with Crippen LogP contribution in [0.2, 0.25) is 0 Å². The zero-order valence-electron chi connectivity index (χ0n) is 10.5. The molecule has 100 valence electrons. The zero-order valence-corrected chi connectivity index (χ0v) is 10.5. The van der Waals surface area contributed by atoms with Gasteiger partial charge in [0.2, 0.25) is 0 Å². The molecular formula is C12H13FN4O2. The van der Waals surface area contributed by atoms with Crippen molar-refractivity contribution in [1.29, 1.82) is 0 Å². The quantitative estimate of drug-likeness (QED) is 0.910. The highest BCUT2D eigenvalue weighted by atomic mass is 19.1. The smallest absolute Gasteiger partial charge is 0.328 e. The summed E-state index contributed by atoms with van der Waals surface area (Å²) in [4.78, 5) is 11.3. The van der Waals surface area contributed by atoms with Crippen molar-refractivity contribution < 1.29 is 14.3 Å². The predicted octanol–water partition coefficient (Wildman–Crippen LogP) is 1.76. The molecule has 0 spiro atoms. The number of halogens is 1. The second-order valence-corrected chi connectivity index (χ2v) is 4.45. The van der Waals surface area contributed by atoms with Crippen molar-refractivity contribution >= 4 is 5.97 Å². The van der Waals surface area contributed by atoms with Crippen LogP contribution in [0.4, 0.5) is 4.39 Å². The van der Waals surface area contributed by atoms with Gasteiger partial charge >= 0.3 is 5.97 Å². The first-order chi connectivity index (χ1) is 9.02. The molecule has 1 unspecified atom stereocenters. The summed E-state index contributed by atoms with van der Waals surface area (Å²) in [5, 5.41) is 20.1. The van der Waals surface area contributed by atoms with Crippen LogP contribution in [0.1, 0.15) is 19.9 Å². The highest BCUT2D eigenvalue weighted by Gasteiger charge is 2.28. The second kappa shape index (κ2) is 5.13. The van der Waals surface area contributed by atoms with Crippen LogP contribution < -0.4 is 0 Å². The average molecular weight is 264 g/mol. The Morgan fingerprint density at radius 3 is 2.63 bits per heavy atom. The summed E-state index contributed by atoms with van der Waals surface area (Å²) in [5.74, 6) is -1.67. The van der Waals surface area contributed by atoms with Crippen LogP contribution in [-0.2, 0) is 4.79 Å².